The van der Waals surface area contributed by atoms with Gasteiger partial charge in [-0.05, 0) is 30.5 Å². The Hall–Kier alpha value is -1.58. The van der Waals surface area contributed by atoms with E-state index >= 15 is 0 Å². The maximum atomic E-state index is 13.0. The molecule has 0 aliphatic carbocycles. The Morgan fingerprint density at radius 3 is 2.72 bits per heavy atom. The zero-order chi connectivity index (χ0) is 13.4. The van der Waals surface area contributed by atoms with Crippen LogP contribution in [0.5, 0.6) is 0 Å². The highest BCUT2D eigenvalue weighted by Gasteiger charge is 2.02. The average molecular weight is 252 g/mol. The number of hydrogen-bond acceptors (Lipinski definition) is 1. The summed E-state index contributed by atoms with van der Waals surface area (Å²) in [5.74, 6) is -0.220. The Morgan fingerprint density at radius 2 is 2.06 bits per heavy atom. The van der Waals surface area contributed by atoms with Crippen LogP contribution < -0.4 is 10.6 Å². The number of amides is 2. The van der Waals surface area contributed by atoms with Crippen LogP contribution in [0.4, 0.5) is 9.18 Å². The molecule has 0 spiro atoms. The highest BCUT2D eigenvalue weighted by molar-refractivity contribution is 5.73. The average Bonchev–Trinajstić information content (AvgIpc) is 2.36. The molecular weight excluding hydrogens is 231 g/mol. The van der Waals surface area contributed by atoms with Gasteiger partial charge in [-0.25, -0.2) is 9.18 Å². The van der Waals surface area contributed by atoms with Crippen LogP contribution >= 0.6 is 0 Å². The minimum Gasteiger partial charge on any atom is -0.338 e. The first kappa shape index (κ1) is 14.5. The molecule has 1 aromatic carbocycles. The molecule has 0 radical (unpaired) electrons. The van der Waals surface area contributed by atoms with Gasteiger partial charge in [0.25, 0.3) is 0 Å². The van der Waals surface area contributed by atoms with Gasteiger partial charge in [-0.3, -0.25) is 0 Å². The number of aryl methyl sites for hydroxylation is 1. The van der Waals surface area contributed by atoms with E-state index < -0.39 is 0 Å². The zero-order valence-electron chi connectivity index (χ0n) is 11.1. The maximum absolute atomic E-state index is 13.0. The zero-order valence-corrected chi connectivity index (χ0v) is 11.1. The van der Waals surface area contributed by atoms with Crippen molar-refractivity contribution in [1.29, 1.82) is 0 Å². The molecule has 4 heteroatoms. The molecule has 0 saturated heterocycles. The van der Waals surface area contributed by atoms with E-state index in [0.717, 1.165) is 24.8 Å². The van der Waals surface area contributed by atoms with Crippen LogP contribution in [-0.2, 0) is 6.54 Å². The summed E-state index contributed by atoms with van der Waals surface area (Å²) >= 11 is 0. The van der Waals surface area contributed by atoms with Gasteiger partial charge in [0.2, 0.25) is 0 Å². The van der Waals surface area contributed by atoms with Gasteiger partial charge in [-0.2, -0.15) is 0 Å². The summed E-state index contributed by atoms with van der Waals surface area (Å²) in [6.07, 6.45) is 3.26. The SMILES string of the molecule is CCCCCNC(=O)NCc1ccc(F)c(C)c1. The molecule has 0 unspecified atom stereocenters. The molecule has 2 amide bonds. The van der Waals surface area contributed by atoms with Crippen molar-refractivity contribution < 1.29 is 9.18 Å². The van der Waals surface area contributed by atoms with Crippen molar-refractivity contribution in [2.24, 2.45) is 0 Å². The summed E-state index contributed by atoms with van der Waals surface area (Å²) in [7, 11) is 0. The fourth-order valence-electron chi connectivity index (χ4n) is 1.64. The van der Waals surface area contributed by atoms with Crippen LogP contribution in [-0.4, -0.2) is 12.6 Å². The smallest absolute Gasteiger partial charge is 0.315 e. The summed E-state index contributed by atoms with van der Waals surface area (Å²) in [5.41, 5.74) is 1.50. The molecule has 1 rings (SSSR count). The van der Waals surface area contributed by atoms with Crippen LogP contribution in [0.2, 0.25) is 0 Å². The number of unbranched alkanes of at least 4 members (excludes halogenated alkanes) is 2. The number of benzene rings is 1. The standard InChI is InChI=1S/C14H21FN2O/c1-3-4-5-8-16-14(18)17-10-12-6-7-13(15)11(2)9-12/h6-7,9H,3-5,8,10H2,1-2H3,(H2,16,17,18). The predicted molar refractivity (Wildman–Crippen MR) is 70.9 cm³/mol. The predicted octanol–water partition coefficient (Wildman–Crippen LogP) is 3.12. The largest absolute Gasteiger partial charge is 0.338 e. The summed E-state index contributed by atoms with van der Waals surface area (Å²) in [6, 6.07) is 4.67. The minimum atomic E-state index is -0.220. The third-order valence-corrected chi connectivity index (χ3v) is 2.74. The molecule has 0 aromatic heterocycles. The molecule has 0 atom stereocenters. The van der Waals surface area contributed by atoms with Crippen molar-refractivity contribution in [2.75, 3.05) is 6.54 Å². The molecule has 18 heavy (non-hydrogen) atoms. The summed E-state index contributed by atoms with van der Waals surface area (Å²) < 4.78 is 13.0. The second kappa shape index (κ2) is 7.69. The van der Waals surface area contributed by atoms with Gasteiger partial charge in [-0.15, -0.1) is 0 Å². The first-order valence-electron chi connectivity index (χ1n) is 6.40. The number of hydrogen-bond donors (Lipinski definition) is 2. The number of carbonyl (C=O) groups is 1. The van der Waals surface area contributed by atoms with Gasteiger partial charge < -0.3 is 10.6 Å². The monoisotopic (exact) mass is 252 g/mol. The Kier molecular flexibility index (Phi) is 6.19. The summed E-state index contributed by atoms with van der Waals surface area (Å²) in [5, 5.41) is 5.54. The maximum Gasteiger partial charge on any atom is 0.315 e. The molecule has 100 valence electrons. The van der Waals surface area contributed by atoms with E-state index in [1.807, 2.05) is 0 Å². The first-order chi connectivity index (χ1) is 8.63. The Bertz CT molecular complexity index is 393. The third kappa shape index (κ3) is 5.17. The minimum absolute atomic E-state index is 0.173. The number of nitrogens with one attached hydrogen (secondary N) is 2. The van der Waals surface area contributed by atoms with E-state index in [4.69, 9.17) is 0 Å². The van der Waals surface area contributed by atoms with Gasteiger partial charge >= 0.3 is 6.03 Å². The van der Waals surface area contributed by atoms with Crippen molar-refractivity contribution in [1.82, 2.24) is 10.6 Å². The van der Waals surface area contributed by atoms with Crippen LogP contribution in [0.15, 0.2) is 18.2 Å². The summed E-state index contributed by atoms with van der Waals surface area (Å²) in [4.78, 5) is 11.4. The van der Waals surface area contributed by atoms with Gasteiger partial charge in [0.15, 0.2) is 0 Å². The Labute approximate surface area is 108 Å². The van der Waals surface area contributed by atoms with Gasteiger partial charge in [0, 0.05) is 13.1 Å². The fraction of sp³-hybridized carbons (Fsp3) is 0.500. The number of carbonyl (C=O) groups excluding carboxylic acids is 1. The molecular formula is C14H21FN2O. The van der Waals surface area contributed by atoms with Gasteiger partial charge in [0.05, 0.1) is 0 Å². The van der Waals surface area contributed by atoms with Crippen molar-refractivity contribution in [3.05, 3.63) is 35.1 Å². The molecule has 2 N–H and O–H groups in total. The third-order valence-electron chi connectivity index (χ3n) is 2.74. The molecule has 3 nitrogen and oxygen atoms in total. The van der Waals surface area contributed by atoms with Crippen molar-refractivity contribution in [2.45, 2.75) is 39.7 Å². The van der Waals surface area contributed by atoms with Crippen LogP contribution in [0, 0.1) is 12.7 Å². The van der Waals surface area contributed by atoms with E-state index in [1.54, 1.807) is 19.1 Å². The molecule has 0 heterocycles. The Balaban J connectivity index is 2.27. The van der Waals surface area contributed by atoms with Crippen molar-refractivity contribution >= 4 is 6.03 Å². The lowest BCUT2D eigenvalue weighted by Crippen LogP contribution is -2.35. The summed E-state index contributed by atoms with van der Waals surface area (Å²) in [6.45, 7) is 4.95. The Morgan fingerprint density at radius 1 is 1.28 bits per heavy atom. The highest BCUT2D eigenvalue weighted by atomic mass is 19.1. The second-order valence-electron chi connectivity index (χ2n) is 4.40. The first-order valence-corrected chi connectivity index (χ1v) is 6.40. The van der Waals surface area contributed by atoms with Crippen molar-refractivity contribution in [3.8, 4) is 0 Å². The number of urea groups is 1. The molecule has 0 aliphatic rings. The molecule has 0 saturated carbocycles. The lowest BCUT2D eigenvalue weighted by atomic mass is 10.1. The van der Waals surface area contributed by atoms with E-state index in [0.29, 0.717) is 18.7 Å². The van der Waals surface area contributed by atoms with Crippen LogP contribution in [0.1, 0.15) is 37.3 Å². The van der Waals surface area contributed by atoms with E-state index in [-0.39, 0.29) is 11.8 Å². The topological polar surface area (TPSA) is 41.1 Å². The molecule has 0 bridgehead atoms. The van der Waals surface area contributed by atoms with E-state index in [9.17, 15) is 9.18 Å². The quantitative estimate of drug-likeness (QED) is 0.750. The van der Waals surface area contributed by atoms with Crippen molar-refractivity contribution in [3.63, 3.8) is 0 Å². The molecule has 0 aliphatic heterocycles. The highest BCUT2D eigenvalue weighted by Crippen LogP contribution is 2.08. The van der Waals surface area contributed by atoms with Gasteiger partial charge in [0.1, 0.15) is 5.82 Å². The normalized spacial score (nSPS) is 10.2. The number of halogens is 1. The van der Waals surface area contributed by atoms with Crippen LogP contribution in [0.3, 0.4) is 0 Å². The van der Waals surface area contributed by atoms with Crippen LogP contribution in [0.25, 0.3) is 0 Å². The van der Waals surface area contributed by atoms with Gasteiger partial charge in [-0.1, -0.05) is 31.9 Å². The second-order valence-corrected chi connectivity index (χ2v) is 4.40. The molecule has 0 fully saturated rings. The number of rotatable bonds is 6. The van der Waals surface area contributed by atoms with E-state index in [2.05, 4.69) is 17.6 Å². The lowest BCUT2D eigenvalue weighted by molar-refractivity contribution is 0.240. The van der Waals surface area contributed by atoms with E-state index in [1.165, 1.54) is 6.07 Å². The molecule has 1 aromatic rings. The fourth-order valence-corrected chi connectivity index (χ4v) is 1.64. The lowest BCUT2D eigenvalue weighted by Gasteiger charge is -2.08.